The first kappa shape index (κ1) is 19.7. The number of aromatic nitrogens is 4. The van der Waals surface area contributed by atoms with Crippen LogP contribution >= 0.6 is 0 Å². The molecule has 30 heavy (non-hydrogen) atoms. The summed E-state index contributed by atoms with van der Waals surface area (Å²) < 4.78 is 39.5. The van der Waals surface area contributed by atoms with Gasteiger partial charge in [-0.1, -0.05) is 24.3 Å². The molecule has 4 aromatic rings. The van der Waals surface area contributed by atoms with Crippen molar-refractivity contribution < 1.29 is 18.0 Å². The normalized spacial score (nSPS) is 11.8. The molecule has 2 aromatic heterocycles. The van der Waals surface area contributed by atoms with Crippen molar-refractivity contribution in [2.45, 2.75) is 26.6 Å². The number of carbonyl (C=O) groups is 1. The Hall–Kier alpha value is -3.62. The topological polar surface area (TPSA) is 75.6 Å². The Bertz CT molecular complexity index is 1210. The van der Waals surface area contributed by atoms with Crippen molar-refractivity contribution in [1.29, 1.82) is 0 Å². The molecular weight excluding hydrogens is 395 g/mol. The fourth-order valence-corrected chi connectivity index (χ4v) is 3.13. The number of anilines is 1. The Kier molecular flexibility index (Phi) is 4.81. The van der Waals surface area contributed by atoms with Gasteiger partial charge in [0.15, 0.2) is 5.69 Å². The van der Waals surface area contributed by atoms with Crippen molar-refractivity contribution in [3.05, 3.63) is 65.5 Å². The van der Waals surface area contributed by atoms with Gasteiger partial charge in [0, 0.05) is 16.9 Å². The first-order valence-corrected chi connectivity index (χ1v) is 9.18. The van der Waals surface area contributed by atoms with E-state index >= 15 is 0 Å². The molecule has 0 spiro atoms. The summed E-state index contributed by atoms with van der Waals surface area (Å²) in [6, 6.07) is 14.1. The number of aryl methyl sites for hydroxylation is 2. The van der Waals surface area contributed by atoms with E-state index in [-0.39, 0.29) is 12.2 Å². The summed E-state index contributed by atoms with van der Waals surface area (Å²) in [7, 11) is 0. The molecule has 1 amide bonds. The molecule has 2 aromatic carbocycles. The molecule has 0 aliphatic heterocycles. The van der Waals surface area contributed by atoms with Gasteiger partial charge in [-0.15, -0.1) is 0 Å². The number of hydrogen-bond donors (Lipinski definition) is 2. The largest absolute Gasteiger partial charge is 0.435 e. The van der Waals surface area contributed by atoms with Crippen LogP contribution in [0.3, 0.4) is 0 Å². The quantitative estimate of drug-likeness (QED) is 0.509. The molecule has 2 heterocycles. The zero-order valence-electron chi connectivity index (χ0n) is 16.2. The molecule has 0 aliphatic rings. The Morgan fingerprint density at radius 3 is 2.60 bits per heavy atom. The zero-order chi connectivity index (χ0) is 21.5. The van der Waals surface area contributed by atoms with Crippen LogP contribution in [0, 0.1) is 13.8 Å². The molecule has 9 heteroatoms. The number of benzene rings is 2. The number of aromatic amines is 1. The zero-order valence-corrected chi connectivity index (χ0v) is 16.2. The Labute approximate surface area is 169 Å². The third-order valence-electron chi connectivity index (χ3n) is 4.74. The van der Waals surface area contributed by atoms with Crippen LogP contribution in [-0.4, -0.2) is 25.7 Å². The lowest BCUT2D eigenvalue weighted by Gasteiger charge is -2.11. The highest BCUT2D eigenvalue weighted by Gasteiger charge is 2.34. The van der Waals surface area contributed by atoms with Gasteiger partial charge >= 0.3 is 6.18 Å². The lowest BCUT2D eigenvalue weighted by Crippen LogP contribution is -2.21. The SMILES string of the molecule is Cc1ccc(-c2nc3ccccc3[nH]2)cc1NC(=O)Cn1nc(C(F)(F)F)cc1C. The maximum absolute atomic E-state index is 12.8. The molecule has 0 saturated carbocycles. The van der Waals surface area contributed by atoms with E-state index in [0.717, 1.165) is 32.9 Å². The van der Waals surface area contributed by atoms with Crippen LogP contribution in [0.5, 0.6) is 0 Å². The van der Waals surface area contributed by atoms with Crippen molar-refractivity contribution in [3.8, 4) is 11.4 Å². The molecule has 2 N–H and O–H groups in total. The lowest BCUT2D eigenvalue weighted by molar-refractivity contribution is -0.141. The first-order chi connectivity index (χ1) is 14.2. The van der Waals surface area contributed by atoms with Crippen molar-refractivity contribution >= 4 is 22.6 Å². The van der Waals surface area contributed by atoms with Crippen LogP contribution in [-0.2, 0) is 17.5 Å². The second-order valence-electron chi connectivity index (χ2n) is 7.01. The van der Waals surface area contributed by atoms with Crippen molar-refractivity contribution in [3.63, 3.8) is 0 Å². The fraction of sp³-hybridized carbons (Fsp3) is 0.190. The highest BCUT2D eigenvalue weighted by atomic mass is 19.4. The third-order valence-corrected chi connectivity index (χ3v) is 4.74. The van der Waals surface area contributed by atoms with Crippen molar-refractivity contribution in [2.75, 3.05) is 5.32 Å². The van der Waals surface area contributed by atoms with E-state index in [1.165, 1.54) is 6.92 Å². The molecule has 0 unspecified atom stereocenters. The number of carbonyl (C=O) groups excluding carboxylic acids is 1. The van der Waals surface area contributed by atoms with E-state index in [4.69, 9.17) is 0 Å². The third kappa shape index (κ3) is 3.91. The number of nitrogens with zero attached hydrogens (tertiary/aromatic N) is 3. The average molecular weight is 413 g/mol. The van der Waals surface area contributed by atoms with E-state index in [9.17, 15) is 18.0 Å². The second kappa shape index (κ2) is 7.33. The summed E-state index contributed by atoms with van der Waals surface area (Å²) in [5.74, 6) is 0.184. The van der Waals surface area contributed by atoms with E-state index < -0.39 is 17.8 Å². The van der Waals surface area contributed by atoms with Gasteiger partial charge in [0.2, 0.25) is 5.91 Å². The summed E-state index contributed by atoms with van der Waals surface area (Å²) in [4.78, 5) is 20.2. The smallest absolute Gasteiger partial charge is 0.338 e. The number of hydrogen-bond acceptors (Lipinski definition) is 3. The number of halogens is 3. The molecule has 0 radical (unpaired) electrons. The van der Waals surface area contributed by atoms with Crippen LogP contribution in [0.4, 0.5) is 18.9 Å². The number of H-pyrrole nitrogens is 1. The molecule has 6 nitrogen and oxygen atoms in total. The van der Waals surface area contributed by atoms with E-state index in [2.05, 4.69) is 20.4 Å². The van der Waals surface area contributed by atoms with Gasteiger partial charge in [-0.25, -0.2) is 4.98 Å². The van der Waals surface area contributed by atoms with Crippen molar-refractivity contribution in [1.82, 2.24) is 19.7 Å². The highest BCUT2D eigenvalue weighted by Crippen LogP contribution is 2.29. The van der Waals surface area contributed by atoms with Crippen LogP contribution in [0.15, 0.2) is 48.5 Å². The van der Waals surface area contributed by atoms with Gasteiger partial charge < -0.3 is 10.3 Å². The van der Waals surface area contributed by atoms with E-state index in [1.807, 2.05) is 43.3 Å². The summed E-state index contributed by atoms with van der Waals surface area (Å²) >= 11 is 0. The summed E-state index contributed by atoms with van der Waals surface area (Å²) in [6.45, 7) is 2.98. The van der Waals surface area contributed by atoms with Gasteiger partial charge in [-0.2, -0.15) is 18.3 Å². The Morgan fingerprint density at radius 2 is 1.90 bits per heavy atom. The minimum Gasteiger partial charge on any atom is -0.338 e. The summed E-state index contributed by atoms with van der Waals surface area (Å²) in [5.41, 5.74) is 3.11. The van der Waals surface area contributed by atoms with Crippen LogP contribution in [0.2, 0.25) is 0 Å². The van der Waals surface area contributed by atoms with Crippen molar-refractivity contribution in [2.24, 2.45) is 0 Å². The van der Waals surface area contributed by atoms with Gasteiger partial charge in [0.25, 0.3) is 0 Å². The first-order valence-electron chi connectivity index (χ1n) is 9.18. The van der Waals surface area contributed by atoms with Gasteiger partial charge in [-0.3, -0.25) is 9.48 Å². The number of rotatable bonds is 4. The van der Waals surface area contributed by atoms with Gasteiger partial charge in [-0.05, 0) is 43.7 Å². The maximum Gasteiger partial charge on any atom is 0.435 e. The number of amides is 1. The minimum atomic E-state index is -4.55. The van der Waals surface area contributed by atoms with E-state index in [1.54, 1.807) is 6.07 Å². The standard InChI is InChI=1S/C21H18F3N5O/c1-12-7-8-14(20-26-15-5-3-4-6-16(15)27-20)10-17(12)25-19(30)11-29-13(2)9-18(28-29)21(22,23)24/h3-10H,11H2,1-2H3,(H,25,30)(H,26,27). The van der Waals surface area contributed by atoms with Gasteiger partial charge in [0.05, 0.1) is 11.0 Å². The molecule has 0 aliphatic carbocycles. The monoisotopic (exact) mass is 413 g/mol. The molecule has 154 valence electrons. The number of nitrogens with one attached hydrogen (secondary N) is 2. The molecule has 0 fully saturated rings. The summed E-state index contributed by atoms with van der Waals surface area (Å²) in [5, 5.41) is 6.25. The van der Waals surface area contributed by atoms with Crippen LogP contribution in [0.1, 0.15) is 17.0 Å². The average Bonchev–Trinajstić information content (AvgIpc) is 3.27. The number of fused-ring (bicyclic) bond motifs is 1. The molecule has 0 bridgehead atoms. The van der Waals surface area contributed by atoms with Crippen LogP contribution < -0.4 is 5.32 Å². The Morgan fingerprint density at radius 1 is 1.13 bits per heavy atom. The maximum atomic E-state index is 12.8. The van der Waals surface area contributed by atoms with Crippen LogP contribution in [0.25, 0.3) is 22.4 Å². The number of alkyl halides is 3. The predicted molar refractivity (Wildman–Crippen MR) is 107 cm³/mol. The number of imidazole rings is 1. The molecule has 0 saturated heterocycles. The molecule has 0 atom stereocenters. The molecule has 4 rings (SSSR count). The summed E-state index contributed by atoms with van der Waals surface area (Å²) in [6.07, 6.45) is -4.55. The number of para-hydroxylation sites is 2. The van der Waals surface area contributed by atoms with Gasteiger partial charge in [0.1, 0.15) is 12.4 Å². The predicted octanol–water partition coefficient (Wildman–Crippen LogP) is 4.70. The fourth-order valence-electron chi connectivity index (χ4n) is 3.13. The minimum absolute atomic E-state index is 0.255. The molecular formula is C21H18F3N5O. The Balaban J connectivity index is 1.55. The lowest BCUT2D eigenvalue weighted by atomic mass is 10.1. The highest BCUT2D eigenvalue weighted by molar-refractivity contribution is 5.92. The van der Waals surface area contributed by atoms with E-state index in [0.29, 0.717) is 11.5 Å². The second-order valence-corrected chi connectivity index (χ2v) is 7.01.